The minimum atomic E-state index is 0. The standard InChI is InChI=1S/C16H26N4O.HI/c1-12(11-21-3)19-16(17)18-10-13-6-7-15-14(9-13)5-4-8-20(15)2;/h6-7,9,12H,4-5,8,10-11H2,1-3H3,(H3,17,18,19);1H. The first-order valence-electron chi connectivity index (χ1n) is 7.48. The number of methoxy groups -OCH3 is 1. The molecule has 2 rings (SSSR count). The number of hydrogen-bond donors (Lipinski definition) is 2. The lowest BCUT2D eigenvalue weighted by Gasteiger charge is -2.27. The number of halogens is 1. The van der Waals surface area contributed by atoms with Gasteiger partial charge in [0.1, 0.15) is 0 Å². The first-order valence-corrected chi connectivity index (χ1v) is 7.48. The Hall–Kier alpha value is -1.02. The van der Waals surface area contributed by atoms with Crippen molar-refractivity contribution < 1.29 is 4.74 Å². The fourth-order valence-electron chi connectivity index (χ4n) is 2.70. The van der Waals surface area contributed by atoms with Crippen molar-refractivity contribution >= 4 is 35.6 Å². The van der Waals surface area contributed by atoms with Crippen molar-refractivity contribution in [3.8, 4) is 0 Å². The van der Waals surface area contributed by atoms with E-state index in [2.05, 4.69) is 40.5 Å². The van der Waals surface area contributed by atoms with Crippen LogP contribution in [0.2, 0.25) is 0 Å². The lowest BCUT2D eigenvalue weighted by molar-refractivity contribution is 0.179. The Morgan fingerprint density at radius 2 is 2.27 bits per heavy atom. The van der Waals surface area contributed by atoms with Gasteiger partial charge < -0.3 is 20.7 Å². The molecule has 0 saturated heterocycles. The summed E-state index contributed by atoms with van der Waals surface area (Å²) in [6.07, 6.45) is 2.37. The second-order valence-corrected chi connectivity index (χ2v) is 5.69. The third kappa shape index (κ3) is 5.31. The maximum absolute atomic E-state index is 5.89. The Kier molecular flexibility index (Phi) is 7.95. The van der Waals surface area contributed by atoms with Gasteiger partial charge in [0.25, 0.3) is 0 Å². The predicted molar refractivity (Wildman–Crippen MR) is 103 cm³/mol. The molecule has 0 fully saturated rings. The minimum Gasteiger partial charge on any atom is -0.383 e. The predicted octanol–water partition coefficient (Wildman–Crippen LogP) is 2.13. The third-order valence-electron chi connectivity index (χ3n) is 3.74. The molecule has 0 spiro atoms. The van der Waals surface area contributed by atoms with Crippen molar-refractivity contribution in [2.75, 3.05) is 32.2 Å². The van der Waals surface area contributed by atoms with Crippen LogP contribution in [0, 0.1) is 0 Å². The summed E-state index contributed by atoms with van der Waals surface area (Å²) in [7, 11) is 3.82. The van der Waals surface area contributed by atoms with E-state index in [1.54, 1.807) is 7.11 Å². The van der Waals surface area contributed by atoms with Crippen LogP contribution in [0.5, 0.6) is 0 Å². The summed E-state index contributed by atoms with van der Waals surface area (Å²) in [5.74, 6) is 0.467. The van der Waals surface area contributed by atoms with Crippen LogP contribution in [-0.2, 0) is 17.7 Å². The molecule has 1 aliphatic heterocycles. The maximum Gasteiger partial charge on any atom is 0.189 e. The van der Waals surface area contributed by atoms with E-state index < -0.39 is 0 Å². The SMILES string of the molecule is COCC(C)NC(N)=NCc1ccc2c(c1)CCCN2C.I. The molecule has 0 saturated carbocycles. The Morgan fingerprint density at radius 1 is 1.50 bits per heavy atom. The van der Waals surface area contributed by atoms with Crippen LogP contribution in [0.3, 0.4) is 0 Å². The van der Waals surface area contributed by atoms with Crippen LogP contribution in [0.15, 0.2) is 23.2 Å². The van der Waals surface area contributed by atoms with Gasteiger partial charge in [-0.2, -0.15) is 0 Å². The number of benzene rings is 1. The van der Waals surface area contributed by atoms with Gasteiger partial charge in [0, 0.05) is 32.4 Å². The lowest BCUT2D eigenvalue weighted by atomic mass is 10.00. The van der Waals surface area contributed by atoms with Crippen LogP contribution >= 0.6 is 24.0 Å². The molecule has 0 aliphatic carbocycles. The summed E-state index contributed by atoms with van der Waals surface area (Å²) in [5, 5.41) is 3.11. The Bertz CT molecular complexity index is 507. The first-order chi connectivity index (χ1) is 10.1. The molecule has 22 heavy (non-hydrogen) atoms. The number of hydrogen-bond acceptors (Lipinski definition) is 3. The van der Waals surface area contributed by atoms with Crippen molar-refractivity contribution in [2.24, 2.45) is 10.7 Å². The highest BCUT2D eigenvalue weighted by Gasteiger charge is 2.13. The van der Waals surface area contributed by atoms with E-state index in [-0.39, 0.29) is 30.0 Å². The number of aryl methyl sites for hydroxylation is 1. The molecule has 3 N–H and O–H groups in total. The smallest absolute Gasteiger partial charge is 0.189 e. The molecule has 0 amide bonds. The van der Waals surface area contributed by atoms with E-state index in [1.807, 2.05) is 6.92 Å². The van der Waals surface area contributed by atoms with Crippen LogP contribution in [0.25, 0.3) is 0 Å². The van der Waals surface area contributed by atoms with Crippen LogP contribution in [0.1, 0.15) is 24.5 Å². The van der Waals surface area contributed by atoms with Gasteiger partial charge in [0.2, 0.25) is 0 Å². The second-order valence-electron chi connectivity index (χ2n) is 5.69. The highest BCUT2D eigenvalue weighted by atomic mass is 127. The number of nitrogens with one attached hydrogen (secondary N) is 1. The molecule has 0 aromatic heterocycles. The monoisotopic (exact) mass is 418 g/mol. The quantitative estimate of drug-likeness (QED) is 0.437. The Labute approximate surface area is 150 Å². The number of rotatable bonds is 5. The van der Waals surface area contributed by atoms with E-state index in [4.69, 9.17) is 10.5 Å². The molecular formula is C16H27IN4O. The van der Waals surface area contributed by atoms with Crippen molar-refractivity contribution in [3.05, 3.63) is 29.3 Å². The summed E-state index contributed by atoms with van der Waals surface area (Å²) in [4.78, 5) is 6.71. The fraction of sp³-hybridized carbons (Fsp3) is 0.562. The summed E-state index contributed by atoms with van der Waals surface area (Å²) >= 11 is 0. The molecule has 1 aromatic rings. The number of anilines is 1. The van der Waals surface area contributed by atoms with Crippen molar-refractivity contribution in [1.82, 2.24) is 5.32 Å². The zero-order valence-electron chi connectivity index (χ0n) is 13.6. The Morgan fingerprint density at radius 3 is 3.00 bits per heavy atom. The molecule has 5 nitrogen and oxygen atoms in total. The molecule has 0 bridgehead atoms. The molecule has 1 unspecified atom stereocenters. The van der Waals surface area contributed by atoms with Gasteiger partial charge in [0.05, 0.1) is 13.2 Å². The molecule has 6 heteroatoms. The zero-order valence-corrected chi connectivity index (χ0v) is 16.0. The summed E-state index contributed by atoms with van der Waals surface area (Å²) in [6.45, 7) is 4.37. The van der Waals surface area contributed by atoms with Crippen molar-refractivity contribution in [3.63, 3.8) is 0 Å². The van der Waals surface area contributed by atoms with Gasteiger partial charge in [-0.1, -0.05) is 12.1 Å². The van der Waals surface area contributed by atoms with Gasteiger partial charge in [-0.3, -0.25) is 0 Å². The maximum atomic E-state index is 5.89. The molecule has 1 heterocycles. The van der Waals surface area contributed by atoms with Crippen LogP contribution in [-0.4, -0.2) is 39.3 Å². The number of nitrogens with two attached hydrogens (primary N) is 1. The molecule has 1 atom stereocenters. The second kappa shape index (κ2) is 9.19. The number of nitrogens with zero attached hydrogens (tertiary/aromatic N) is 2. The Balaban J connectivity index is 0.00000242. The summed E-state index contributed by atoms with van der Waals surface area (Å²) in [6, 6.07) is 6.74. The average molecular weight is 418 g/mol. The van der Waals surface area contributed by atoms with Gasteiger partial charge in [-0.25, -0.2) is 4.99 Å². The molecular weight excluding hydrogens is 391 g/mol. The van der Waals surface area contributed by atoms with Crippen molar-refractivity contribution in [2.45, 2.75) is 32.4 Å². The topological polar surface area (TPSA) is 62.9 Å². The minimum absolute atomic E-state index is 0. The number of fused-ring (bicyclic) bond motifs is 1. The molecule has 1 aliphatic rings. The van der Waals surface area contributed by atoms with Gasteiger partial charge in [-0.15, -0.1) is 24.0 Å². The average Bonchev–Trinajstić information content (AvgIpc) is 2.45. The first kappa shape index (κ1) is 19.0. The molecule has 0 radical (unpaired) electrons. The molecule has 1 aromatic carbocycles. The van der Waals surface area contributed by atoms with Crippen LogP contribution in [0.4, 0.5) is 5.69 Å². The highest BCUT2D eigenvalue weighted by molar-refractivity contribution is 14.0. The number of aliphatic imine (C=N–C) groups is 1. The fourth-order valence-corrected chi connectivity index (χ4v) is 2.70. The normalized spacial score (nSPS) is 15.8. The van der Waals surface area contributed by atoms with E-state index in [0.717, 1.165) is 13.0 Å². The van der Waals surface area contributed by atoms with Crippen LogP contribution < -0.4 is 16.0 Å². The number of guanidine groups is 1. The van der Waals surface area contributed by atoms with Gasteiger partial charge >= 0.3 is 0 Å². The van der Waals surface area contributed by atoms with E-state index >= 15 is 0 Å². The lowest BCUT2D eigenvalue weighted by Crippen LogP contribution is -2.40. The van der Waals surface area contributed by atoms with Gasteiger partial charge in [-0.05, 0) is 37.0 Å². The van der Waals surface area contributed by atoms with E-state index in [0.29, 0.717) is 19.1 Å². The molecule has 124 valence electrons. The van der Waals surface area contributed by atoms with Gasteiger partial charge in [0.15, 0.2) is 5.96 Å². The number of ether oxygens (including phenoxy) is 1. The van der Waals surface area contributed by atoms with E-state index in [1.165, 1.54) is 23.2 Å². The zero-order chi connectivity index (χ0) is 15.2. The largest absolute Gasteiger partial charge is 0.383 e. The summed E-state index contributed by atoms with van der Waals surface area (Å²) in [5.41, 5.74) is 9.84. The third-order valence-corrected chi connectivity index (χ3v) is 3.74. The van der Waals surface area contributed by atoms with Crippen molar-refractivity contribution in [1.29, 1.82) is 0 Å². The summed E-state index contributed by atoms with van der Waals surface area (Å²) < 4.78 is 5.06. The highest BCUT2D eigenvalue weighted by Crippen LogP contribution is 2.26. The van der Waals surface area contributed by atoms with E-state index in [9.17, 15) is 0 Å².